The van der Waals surface area contributed by atoms with E-state index in [2.05, 4.69) is 50.2 Å². The van der Waals surface area contributed by atoms with E-state index in [4.69, 9.17) is 0 Å². The summed E-state index contributed by atoms with van der Waals surface area (Å²) >= 11 is -3.65. The number of nitrogens with zero attached hydrogens (tertiary/aromatic N) is 2. The fourth-order valence-electron chi connectivity index (χ4n) is 0.900. The summed E-state index contributed by atoms with van der Waals surface area (Å²) in [5, 5.41) is 0. The number of rotatable bonds is 3. The van der Waals surface area contributed by atoms with Crippen LogP contribution in [0.3, 0.4) is 0 Å². The van der Waals surface area contributed by atoms with Crippen LogP contribution in [0.1, 0.15) is 0 Å². The van der Waals surface area contributed by atoms with Crippen molar-refractivity contribution < 1.29 is 0 Å². The Hall–Kier alpha value is 1.52. The van der Waals surface area contributed by atoms with Gasteiger partial charge in [0.05, 0.1) is 0 Å². The van der Waals surface area contributed by atoms with E-state index < -0.39 is 37.3 Å². The first kappa shape index (κ1) is 13.5. The van der Waals surface area contributed by atoms with E-state index >= 15 is 0 Å². The number of hydrazine groups is 1. The van der Waals surface area contributed by atoms with Gasteiger partial charge in [-0.3, -0.25) is 0 Å². The summed E-state index contributed by atoms with van der Waals surface area (Å²) in [6.07, 6.45) is 0. The Labute approximate surface area is 86.7 Å². The van der Waals surface area contributed by atoms with Gasteiger partial charge in [-0.15, -0.1) is 0 Å². The second-order valence-corrected chi connectivity index (χ2v) is 33.9. The Morgan fingerprint density at radius 2 is 0.750 bits per heavy atom. The molecule has 0 amide bonds. The van der Waals surface area contributed by atoms with Crippen molar-refractivity contribution in [1.82, 2.24) is 6.46 Å². The van der Waals surface area contributed by atoms with E-state index in [0.29, 0.717) is 0 Å². The molecule has 0 atom stereocenters. The van der Waals surface area contributed by atoms with Crippen molar-refractivity contribution >= 4 is 37.3 Å². The Morgan fingerprint density at radius 1 is 0.583 bits per heavy atom. The summed E-state index contributed by atoms with van der Waals surface area (Å²) in [5.74, 6) is 0. The van der Waals surface area contributed by atoms with E-state index in [1.165, 1.54) is 0 Å². The summed E-state index contributed by atoms with van der Waals surface area (Å²) < 4.78 is 5.15. The van der Waals surface area contributed by atoms with Crippen LogP contribution in [-0.2, 0) is 0 Å². The Morgan fingerprint density at radius 3 is 0.833 bits per heavy atom. The molecule has 74 valence electrons. The fourth-order valence-corrected chi connectivity index (χ4v) is 17.5. The van der Waals surface area contributed by atoms with Gasteiger partial charge in [0.2, 0.25) is 0 Å². The molecule has 0 aliphatic rings. The van der Waals surface area contributed by atoms with Crippen LogP contribution < -0.4 is 0 Å². The molecular weight excluding hydrogens is 362 g/mol. The average molecular weight is 386 g/mol. The van der Waals surface area contributed by atoms with Crippen LogP contribution in [0.4, 0.5) is 0 Å². The van der Waals surface area contributed by atoms with Crippen LogP contribution in [0.25, 0.3) is 0 Å². The zero-order chi connectivity index (χ0) is 10.2. The van der Waals surface area contributed by atoms with Crippen molar-refractivity contribution in [3.63, 3.8) is 0 Å². The van der Waals surface area contributed by atoms with Crippen molar-refractivity contribution in [2.45, 2.75) is 29.6 Å². The Kier molecular flexibility index (Phi) is 4.91. The molecule has 0 fully saturated rings. The molecular formula is C8H24N2Sn2. The molecule has 0 N–H and O–H groups in total. The zero-order valence-corrected chi connectivity index (χ0v) is 15.6. The van der Waals surface area contributed by atoms with Crippen molar-refractivity contribution in [3.8, 4) is 0 Å². The molecule has 0 aromatic carbocycles. The molecule has 0 aromatic rings. The van der Waals surface area contributed by atoms with Gasteiger partial charge in [0.25, 0.3) is 0 Å². The summed E-state index contributed by atoms with van der Waals surface area (Å²) in [6, 6.07) is 0. The van der Waals surface area contributed by atoms with E-state index in [9.17, 15) is 0 Å². The third kappa shape index (κ3) is 4.15. The second kappa shape index (κ2) is 4.36. The second-order valence-electron chi connectivity index (χ2n) is 5.39. The molecule has 0 unspecified atom stereocenters. The molecule has 0 bridgehead atoms. The maximum absolute atomic E-state index is 2.57. The molecule has 2 nitrogen and oxygen atoms in total. The van der Waals surface area contributed by atoms with Crippen molar-refractivity contribution in [1.29, 1.82) is 0 Å². The molecule has 0 saturated heterocycles. The van der Waals surface area contributed by atoms with Crippen LogP contribution >= 0.6 is 0 Å². The standard InChI is InChI=1S/C2H6N2.6CH3.2Sn/c1-3-4-2;;;;;;;;/h1-2H3;6*1H3;;/q-2;;;;;;;2*+1. The van der Waals surface area contributed by atoms with Crippen molar-refractivity contribution in [2.75, 3.05) is 14.1 Å². The van der Waals surface area contributed by atoms with Crippen LogP contribution in [0.15, 0.2) is 0 Å². The summed E-state index contributed by atoms with van der Waals surface area (Å²) in [6.45, 7) is 0. The quantitative estimate of drug-likeness (QED) is 0.544. The molecule has 0 aliphatic heterocycles. The van der Waals surface area contributed by atoms with Gasteiger partial charge in [-0.1, -0.05) is 0 Å². The van der Waals surface area contributed by atoms with Gasteiger partial charge in [-0.05, 0) is 0 Å². The van der Waals surface area contributed by atoms with Gasteiger partial charge in [-0.2, -0.15) is 0 Å². The summed E-state index contributed by atoms with van der Waals surface area (Å²) in [4.78, 5) is 14.8. The van der Waals surface area contributed by atoms with Gasteiger partial charge < -0.3 is 0 Å². The van der Waals surface area contributed by atoms with E-state index in [1.807, 2.05) is 0 Å². The molecule has 0 rings (SSSR count). The van der Waals surface area contributed by atoms with E-state index in [1.54, 1.807) is 0 Å². The van der Waals surface area contributed by atoms with Gasteiger partial charge in [0.1, 0.15) is 0 Å². The predicted molar refractivity (Wildman–Crippen MR) is 62.2 cm³/mol. The van der Waals surface area contributed by atoms with Crippen molar-refractivity contribution in [2.24, 2.45) is 0 Å². The first-order chi connectivity index (χ1) is 5.07. The monoisotopic (exact) mass is 388 g/mol. The summed E-state index contributed by atoms with van der Waals surface area (Å²) in [7, 11) is 4.55. The molecule has 0 spiro atoms. The Bertz CT molecular complexity index is 128. The minimum absolute atomic E-state index is 1.82. The predicted octanol–water partition coefficient (Wildman–Crippen LogP) is 2.43. The van der Waals surface area contributed by atoms with Gasteiger partial charge in [-0.25, -0.2) is 0 Å². The van der Waals surface area contributed by atoms with Crippen LogP contribution in [0, 0.1) is 0 Å². The van der Waals surface area contributed by atoms with Crippen LogP contribution in [0.5, 0.6) is 0 Å². The van der Waals surface area contributed by atoms with Crippen LogP contribution in [0.2, 0.25) is 29.6 Å². The first-order valence-corrected chi connectivity index (χ1v) is 24.2. The van der Waals surface area contributed by atoms with Crippen molar-refractivity contribution in [3.05, 3.63) is 0 Å². The number of hydrogen-bond acceptors (Lipinski definition) is 2. The number of hydrogen-bond donors (Lipinski definition) is 0. The van der Waals surface area contributed by atoms with E-state index in [0.717, 1.165) is 0 Å². The topological polar surface area (TPSA) is 6.48 Å². The van der Waals surface area contributed by atoms with Gasteiger partial charge in [0, 0.05) is 0 Å². The molecule has 0 radical (unpaired) electrons. The Balaban J connectivity index is 4.41. The average Bonchev–Trinajstić information content (AvgIpc) is 1.80. The molecule has 0 saturated carbocycles. The SMILES string of the molecule is C[N]([N](C)[Sn]([CH3])([CH3])[CH3])[Sn]([CH3])([CH3])[CH3]. The third-order valence-electron chi connectivity index (χ3n) is 2.39. The molecule has 12 heavy (non-hydrogen) atoms. The van der Waals surface area contributed by atoms with Gasteiger partial charge in [0.15, 0.2) is 0 Å². The molecule has 0 heterocycles. The van der Waals surface area contributed by atoms with Gasteiger partial charge >= 0.3 is 87.5 Å². The third-order valence-corrected chi connectivity index (χ3v) is 16.8. The van der Waals surface area contributed by atoms with E-state index in [-0.39, 0.29) is 0 Å². The molecule has 4 heteroatoms. The fraction of sp³-hybridized carbons (Fsp3) is 1.00. The molecule has 0 aliphatic carbocycles. The first-order valence-electron chi connectivity index (χ1n) is 4.54. The van der Waals surface area contributed by atoms with Crippen LogP contribution in [-0.4, -0.2) is 57.9 Å². The summed E-state index contributed by atoms with van der Waals surface area (Å²) in [5.41, 5.74) is 0. The zero-order valence-electron chi connectivity index (χ0n) is 9.89. The minimum atomic E-state index is -1.82. The molecule has 0 aromatic heterocycles. The normalized spacial score (nSPS) is 14.5. The maximum atomic E-state index is 2.57.